The molecular formula is C15H22N2O4S. The zero-order chi connectivity index (χ0) is 16.0. The number of pyridine rings is 1. The molecule has 1 fully saturated rings. The van der Waals surface area contributed by atoms with Gasteiger partial charge in [0.2, 0.25) is 10.0 Å². The van der Waals surface area contributed by atoms with Crippen LogP contribution >= 0.6 is 0 Å². The smallest absolute Gasteiger partial charge is 0.339 e. The first kappa shape index (κ1) is 16.9. The van der Waals surface area contributed by atoms with Crippen LogP contribution in [0, 0.1) is 5.92 Å². The largest absolute Gasteiger partial charge is 0.465 e. The number of ether oxygens (including phenoxy) is 1. The molecule has 122 valence electrons. The predicted octanol–water partition coefficient (Wildman–Crippen LogP) is 1.87. The summed E-state index contributed by atoms with van der Waals surface area (Å²) in [6, 6.07) is 3.19. The number of nitrogens with zero attached hydrogens (tertiary/aromatic N) is 1. The number of hydrogen-bond donors (Lipinski definition) is 1. The average Bonchev–Trinajstić information content (AvgIpc) is 2.53. The molecule has 1 heterocycles. The summed E-state index contributed by atoms with van der Waals surface area (Å²) in [4.78, 5) is 15.4. The van der Waals surface area contributed by atoms with Gasteiger partial charge in [-0.05, 0) is 30.9 Å². The fourth-order valence-electron chi connectivity index (χ4n) is 2.67. The van der Waals surface area contributed by atoms with Crippen LogP contribution in [0.15, 0.2) is 18.3 Å². The molecule has 1 aromatic heterocycles. The Morgan fingerprint density at radius 1 is 1.32 bits per heavy atom. The van der Waals surface area contributed by atoms with Crippen molar-refractivity contribution in [3.05, 3.63) is 29.6 Å². The molecule has 0 aromatic carbocycles. The molecule has 1 aliphatic carbocycles. The number of hydrogen-bond acceptors (Lipinski definition) is 5. The van der Waals surface area contributed by atoms with Gasteiger partial charge in [0.25, 0.3) is 0 Å². The van der Waals surface area contributed by atoms with Gasteiger partial charge in [0, 0.05) is 6.20 Å². The summed E-state index contributed by atoms with van der Waals surface area (Å²) < 4.78 is 31.3. The van der Waals surface area contributed by atoms with Crippen LogP contribution in [-0.4, -0.2) is 32.2 Å². The molecule has 0 radical (unpaired) electrons. The molecule has 2 rings (SSSR count). The van der Waals surface area contributed by atoms with Gasteiger partial charge in [-0.2, -0.15) is 0 Å². The van der Waals surface area contributed by atoms with Crippen molar-refractivity contribution >= 4 is 16.0 Å². The Bertz CT molecular complexity index is 592. The molecule has 0 aliphatic heterocycles. The second-order valence-electron chi connectivity index (χ2n) is 5.64. The Kier molecular flexibility index (Phi) is 5.90. The number of carbonyl (C=O) groups is 1. The summed E-state index contributed by atoms with van der Waals surface area (Å²) in [5.74, 6) is -0.00870. The second kappa shape index (κ2) is 7.69. The van der Waals surface area contributed by atoms with E-state index in [9.17, 15) is 13.2 Å². The van der Waals surface area contributed by atoms with Crippen molar-refractivity contribution < 1.29 is 17.9 Å². The van der Waals surface area contributed by atoms with E-state index in [1.165, 1.54) is 19.7 Å². The van der Waals surface area contributed by atoms with Crippen LogP contribution in [0.5, 0.6) is 0 Å². The second-order valence-corrected chi connectivity index (χ2v) is 7.49. The van der Waals surface area contributed by atoms with E-state index in [1.54, 1.807) is 12.1 Å². The van der Waals surface area contributed by atoms with Gasteiger partial charge in [-0.1, -0.05) is 19.3 Å². The lowest BCUT2D eigenvalue weighted by molar-refractivity contribution is 0.0600. The normalized spacial score (nSPS) is 16.4. The Morgan fingerprint density at radius 2 is 2.05 bits per heavy atom. The predicted molar refractivity (Wildman–Crippen MR) is 82.8 cm³/mol. The van der Waals surface area contributed by atoms with Gasteiger partial charge in [0.15, 0.2) is 0 Å². The van der Waals surface area contributed by atoms with E-state index in [1.807, 2.05) is 0 Å². The summed E-state index contributed by atoms with van der Waals surface area (Å²) in [7, 11) is -1.99. The van der Waals surface area contributed by atoms with E-state index in [-0.39, 0.29) is 18.2 Å². The molecule has 7 heteroatoms. The maximum Gasteiger partial charge on any atom is 0.339 e. The quantitative estimate of drug-likeness (QED) is 0.807. The molecule has 1 N–H and O–H groups in total. The molecule has 1 saturated carbocycles. The van der Waals surface area contributed by atoms with Crippen molar-refractivity contribution in [1.82, 2.24) is 9.71 Å². The number of aromatic nitrogens is 1. The first-order valence-corrected chi connectivity index (χ1v) is 9.16. The maximum atomic E-state index is 12.1. The summed E-state index contributed by atoms with van der Waals surface area (Å²) in [6.45, 7) is 0.135. The zero-order valence-electron chi connectivity index (χ0n) is 12.7. The van der Waals surface area contributed by atoms with Gasteiger partial charge >= 0.3 is 5.97 Å². The third kappa shape index (κ3) is 5.06. The van der Waals surface area contributed by atoms with E-state index in [2.05, 4.69) is 14.4 Å². The summed E-state index contributed by atoms with van der Waals surface area (Å²) in [5.41, 5.74) is 0.913. The summed E-state index contributed by atoms with van der Waals surface area (Å²) in [5, 5.41) is 0. The topological polar surface area (TPSA) is 85.4 Å². The van der Waals surface area contributed by atoms with Crippen LogP contribution in [0.3, 0.4) is 0 Å². The molecule has 1 aromatic rings. The van der Waals surface area contributed by atoms with Gasteiger partial charge in [-0.15, -0.1) is 0 Å². The lowest BCUT2D eigenvalue weighted by Gasteiger charge is -2.21. The Morgan fingerprint density at radius 3 is 2.64 bits per heavy atom. The zero-order valence-corrected chi connectivity index (χ0v) is 13.6. The maximum absolute atomic E-state index is 12.1. The average molecular weight is 326 g/mol. The van der Waals surface area contributed by atoms with Gasteiger partial charge < -0.3 is 4.74 Å². The molecular weight excluding hydrogens is 304 g/mol. The van der Waals surface area contributed by atoms with E-state index in [4.69, 9.17) is 0 Å². The minimum Gasteiger partial charge on any atom is -0.465 e. The summed E-state index contributed by atoms with van der Waals surface area (Å²) in [6.07, 6.45) is 6.82. The molecule has 0 saturated heterocycles. The molecule has 6 nitrogen and oxygen atoms in total. The van der Waals surface area contributed by atoms with Crippen LogP contribution in [0.25, 0.3) is 0 Å². The van der Waals surface area contributed by atoms with Gasteiger partial charge in [-0.3, -0.25) is 4.98 Å². The molecule has 22 heavy (non-hydrogen) atoms. The summed E-state index contributed by atoms with van der Waals surface area (Å²) >= 11 is 0. The third-order valence-corrected chi connectivity index (χ3v) is 5.39. The number of carbonyl (C=O) groups excluding carboxylic acids is 1. The van der Waals surface area contributed by atoms with Gasteiger partial charge in [-0.25, -0.2) is 17.9 Å². The highest BCUT2D eigenvalue weighted by atomic mass is 32.2. The van der Waals surface area contributed by atoms with E-state index in [0.29, 0.717) is 11.3 Å². The molecule has 0 amide bonds. The van der Waals surface area contributed by atoms with Gasteiger partial charge in [0.1, 0.15) is 0 Å². The number of esters is 1. The Balaban J connectivity index is 1.86. The van der Waals surface area contributed by atoms with Crippen molar-refractivity contribution in [2.75, 3.05) is 12.9 Å². The minimum atomic E-state index is -3.29. The monoisotopic (exact) mass is 326 g/mol. The Hall–Kier alpha value is -1.47. The van der Waals surface area contributed by atoms with E-state index >= 15 is 0 Å². The molecule has 1 aliphatic rings. The van der Waals surface area contributed by atoms with E-state index < -0.39 is 16.0 Å². The van der Waals surface area contributed by atoms with Crippen molar-refractivity contribution in [1.29, 1.82) is 0 Å². The van der Waals surface area contributed by atoms with Crippen LogP contribution in [-0.2, 0) is 21.3 Å². The van der Waals surface area contributed by atoms with Gasteiger partial charge in [0.05, 0.1) is 30.7 Å². The van der Waals surface area contributed by atoms with E-state index in [0.717, 1.165) is 25.7 Å². The molecule has 0 atom stereocenters. The standard InChI is InChI=1S/C15H22N2O4S/c1-21-15(18)13-7-8-14(16-9-13)10-17-22(19,20)11-12-5-3-2-4-6-12/h7-9,12,17H,2-6,10-11H2,1H3. The van der Waals surface area contributed by atoms with Crippen LogP contribution < -0.4 is 4.72 Å². The number of nitrogens with one attached hydrogen (secondary N) is 1. The number of methoxy groups -OCH3 is 1. The first-order valence-electron chi connectivity index (χ1n) is 7.51. The van der Waals surface area contributed by atoms with Crippen molar-refractivity contribution in [2.24, 2.45) is 5.92 Å². The van der Waals surface area contributed by atoms with Crippen molar-refractivity contribution in [2.45, 2.75) is 38.6 Å². The highest BCUT2D eigenvalue weighted by Gasteiger charge is 2.21. The molecule has 0 spiro atoms. The fourth-order valence-corrected chi connectivity index (χ4v) is 4.11. The van der Waals surface area contributed by atoms with Crippen molar-refractivity contribution in [3.63, 3.8) is 0 Å². The highest BCUT2D eigenvalue weighted by Crippen LogP contribution is 2.24. The lowest BCUT2D eigenvalue weighted by atomic mass is 9.91. The minimum absolute atomic E-state index is 0.135. The SMILES string of the molecule is COC(=O)c1ccc(CNS(=O)(=O)CC2CCCCC2)nc1. The lowest BCUT2D eigenvalue weighted by Crippen LogP contribution is -2.30. The van der Waals surface area contributed by atoms with Crippen LogP contribution in [0.4, 0.5) is 0 Å². The van der Waals surface area contributed by atoms with Crippen LogP contribution in [0.2, 0.25) is 0 Å². The number of sulfonamides is 1. The Labute approximate surface area is 131 Å². The highest BCUT2D eigenvalue weighted by molar-refractivity contribution is 7.89. The van der Waals surface area contributed by atoms with Crippen LogP contribution in [0.1, 0.15) is 48.2 Å². The molecule has 0 unspecified atom stereocenters. The molecule has 0 bridgehead atoms. The van der Waals surface area contributed by atoms with Crippen molar-refractivity contribution in [3.8, 4) is 0 Å². The fraction of sp³-hybridized carbons (Fsp3) is 0.600. The number of rotatable bonds is 6. The third-order valence-electron chi connectivity index (χ3n) is 3.90. The first-order chi connectivity index (χ1) is 10.5.